The molecule has 4 rings (SSSR count). The number of aromatic nitrogens is 2. The van der Waals surface area contributed by atoms with Crippen molar-refractivity contribution in [2.45, 2.75) is 19.5 Å². The van der Waals surface area contributed by atoms with Gasteiger partial charge in [-0.05, 0) is 42.8 Å². The van der Waals surface area contributed by atoms with Gasteiger partial charge in [0, 0.05) is 30.7 Å². The Morgan fingerprint density at radius 1 is 1.10 bits per heavy atom. The van der Waals surface area contributed by atoms with Crippen LogP contribution in [0, 0.1) is 0 Å². The van der Waals surface area contributed by atoms with Gasteiger partial charge < -0.3 is 14.7 Å². The Hall–Kier alpha value is -4.00. The molecule has 1 fully saturated rings. The number of rotatable bonds is 6. The molecule has 31 heavy (non-hydrogen) atoms. The lowest BCUT2D eigenvalue weighted by Crippen LogP contribution is -2.29. The first-order valence-electron chi connectivity index (χ1n) is 9.91. The number of aliphatic hydroxyl groups is 1. The zero-order valence-electron chi connectivity index (χ0n) is 16.9. The van der Waals surface area contributed by atoms with Crippen LogP contribution in [0.3, 0.4) is 0 Å². The third-order valence-electron chi connectivity index (χ3n) is 5.00. The predicted molar refractivity (Wildman–Crippen MR) is 114 cm³/mol. The van der Waals surface area contributed by atoms with Crippen LogP contribution in [0.15, 0.2) is 78.8 Å². The average molecular weight is 415 g/mol. The first-order chi connectivity index (χ1) is 15.1. The predicted octanol–water partition coefficient (Wildman–Crippen LogP) is 3.50. The van der Waals surface area contributed by atoms with E-state index in [2.05, 4.69) is 9.97 Å². The number of amides is 1. The monoisotopic (exact) mass is 415 g/mol. The van der Waals surface area contributed by atoms with Crippen molar-refractivity contribution in [3.05, 3.63) is 95.6 Å². The summed E-state index contributed by atoms with van der Waals surface area (Å²) in [5, 5.41) is 11.1. The molecule has 1 aromatic carbocycles. The van der Waals surface area contributed by atoms with Gasteiger partial charge in [-0.1, -0.05) is 24.3 Å². The number of likely N-dealkylation sites (tertiary alicyclic amines) is 1. The van der Waals surface area contributed by atoms with E-state index in [0.717, 1.165) is 5.56 Å². The second kappa shape index (κ2) is 8.79. The van der Waals surface area contributed by atoms with E-state index in [-0.39, 0.29) is 17.9 Å². The molecule has 0 bridgehead atoms. The maximum atomic E-state index is 13.0. The van der Waals surface area contributed by atoms with E-state index in [1.165, 1.54) is 4.90 Å². The smallest absolute Gasteiger partial charge is 0.296 e. The molecule has 7 heteroatoms. The number of aliphatic hydroxyl groups excluding tert-OH is 1. The Balaban J connectivity index is 1.83. The summed E-state index contributed by atoms with van der Waals surface area (Å²) in [6.07, 6.45) is 4.87. The standard InChI is InChI=1S/C24H21N3O4/c1-2-31-18-9-5-8-17(13-18)22(28)20-21(19-10-3-4-12-26-19)27(24(30)23(20)29)15-16-7-6-11-25-14-16/h3-14,21,28H,2,15H2,1H3/b22-20+. The van der Waals surface area contributed by atoms with Crippen LogP contribution in [0.2, 0.25) is 0 Å². The molecular formula is C24H21N3O4. The molecule has 3 heterocycles. The zero-order chi connectivity index (χ0) is 21.8. The minimum absolute atomic E-state index is 0.00115. The quantitative estimate of drug-likeness (QED) is 0.376. The fourth-order valence-electron chi connectivity index (χ4n) is 3.63. The largest absolute Gasteiger partial charge is 0.507 e. The number of carbonyl (C=O) groups is 2. The van der Waals surface area contributed by atoms with E-state index in [9.17, 15) is 14.7 Å². The molecule has 1 N–H and O–H groups in total. The molecule has 3 aromatic rings. The lowest BCUT2D eigenvalue weighted by atomic mass is 9.98. The number of nitrogens with zero attached hydrogens (tertiary/aromatic N) is 3. The van der Waals surface area contributed by atoms with Crippen molar-refractivity contribution >= 4 is 17.4 Å². The number of ketones is 1. The molecule has 1 saturated heterocycles. The molecule has 156 valence electrons. The number of ether oxygens (including phenoxy) is 1. The number of carbonyl (C=O) groups excluding carboxylic acids is 2. The van der Waals surface area contributed by atoms with E-state index < -0.39 is 17.7 Å². The van der Waals surface area contributed by atoms with Gasteiger partial charge in [0.1, 0.15) is 17.6 Å². The topological polar surface area (TPSA) is 92.6 Å². The molecule has 1 unspecified atom stereocenters. The van der Waals surface area contributed by atoms with E-state index in [1.807, 2.05) is 13.0 Å². The van der Waals surface area contributed by atoms with Crippen LogP contribution in [0.1, 0.15) is 29.8 Å². The number of Topliss-reactive ketones (excluding diaryl/α,β-unsaturated/α-hetero) is 1. The van der Waals surface area contributed by atoms with Gasteiger partial charge in [0.2, 0.25) is 0 Å². The van der Waals surface area contributed by atoms with Crippen LogP contribution in [0.25, 0.3) is 5.76 Å². The average Bonchev–Trinajstić information content (AvgIpc) is 3.05. The maximum absolute atomic E-state index is 13.0. The number of pyridine rings is 2. The first-order valence-corrected chi connectivity index (χ1v) is 9.91. The highest BCUT2D eigenvalue weighted by molar-refractivity contribution is 6.46. The number of benzene rings is 1. The summed E-state index contributed by atoms with van der Waals surface area (Å²) >= 11 is 0. The first kappa shape index (κ1) is 20.3. The van der Waals surface area contributed by atoms with Gasteiger partial charge in [-0.2, -0.15) is 0 Å². The Morgan fingerprint density at radius 3 is 2.68 bits per heavy atom. The molecule has 2 aromatic heterocycles. The molecule has 0 aliphatic carbocycles. The van der Waals surface area contributed by atoms with Crippen molar-refractivity contribution in [1.29, 1.82) is 0 Å². The van der Waals surface area contributed by atoms with E-state index in [1.54, 1.807) is 67.1 Å². The van der Waals surface area contributed by atoms with Crippen molar-refractivity contribution in [3.8, 4) is 5.75 Å². The van der Waals surface area contributed by atoms with Crippen LogP contribution in [-0.4, -0.2) is 38.3 Å². The lowest BCUT2D eigenvalue weighted by Gasteiger charge is -2.24. The lowest BCUT2D eigenvalue weighted by molar-refractivity contribution is -0.140. The molecule has 7 nitrogen and oxygen atoms in total. The van der Waals surface area contributed by atoms with Crippen molar-refractivity contribution < 1.29 is 19.4 Å². The summed E-state index contributed by atoms with van der Waals surface area (Å²) in [7, 11) is 0. The van der Waals surface area contributed by atoms with Gasteiger partial charge in [-0.3, -0.25) is 19.6 Å². The fourth-order valence-corrected chi connectivity index (χ4v) is 3.63. The molecule has 1 aliphatic rings. The third-order valence-corrected chi connectivity index (χ3v) is 5.00. The molecule has 1 aliphatic heterocycles. The van der Waals surface area contributed by atoms with Gasteiger partial charge in [-0.15, -0.1) is 0 Å². The Kier molecular flexibility index (Phi) is 5.75. The summed E-state index contributed by atoms with van der Waals surface area (Å²) < 4.78 is 5.50. The second-order valence-electron chi connectivity index (χ2n) is 7.00. The number of hydrogen-bond acceptors (Lipinski definition) is 6. The highest BCUT2D eigenvalue weighted by atomic mass is 16.5. The van der Waals surface area contributed by atoms with Gasteiger partial charge >= 0.3 is 0 Å². The Bertz CT molecular complexity index is 1130. The van der Waals surface area contributed by atoms with Crippen LogP contribution < -0.4 is 4.74 Å². The van der Waals surface area contributed by atoms with Crippen LogP contribution in [0.5, 0.6) is 5.75 Å². The van der Waals surface area contributed by atoms with Crippen LogP contribution in [-0.2, 0) is 16.1 Å². The van der Waals surface area contributed by atoms with Crippen LogP contribution >= 0.6 is 0 Å². The molecule has 0 saturated carbocycles. The summed E-state index contributed by atoms with van der Waals surface area (Å²) in [5.41, 5.74) is 1.66. The summed E-state index contributed by atoms with van der Waals surface area (Å²) in [5.74, 6) is -1.14. The molecule has 1 amide bonds. The number of hydrogen-bond donors (Lipinski definition) is 1. The minimum Gasteiger partial charge on any atom is -0.507 e. The summed E-state index contributed by atoms with van der Waals surface area (Å²) in [6, 6.07) is 14.8. The SMILES string of the molecule is CCOc1cccc(/C(O)=C2\C(=O)C(=O)N(Cc3cccnc3)C2c2ccccn2)c1. The van der Waals surface area contributed by atoms with Crippen molar-refractivity contribution in [2.24, 2.45) is 0 Å². The third kappa shape index (κ3) is 4.02. The Morgan fingerprint density at radius 2 is 1.97 bits per heavy atom. The minimum atomic E-state index is -0.822. The zero-order valence-corrected chi connectivity index (χ0v) is 16.9. The van der Waals surface area contributed by atoms with Gasteiger partial charge in [0.05, 0.1) is 17.9 Å². The fraction of sp³-hybridized carbons (Fsp3) is 0.167. The van der Waals surface area contributed by atoms with Crippen molar-refractivity contribution in [1.82, 2.24) is 14.9 Å². The molecule has 1 atom stereocenters. The molecule has 0 radical (unpaired) electrons. The van der Waals surface area contributed by atoms with Crippen molar-refractivity contribution in [2.75, 3.05) is 6.61 Å². The van der Waals surface area contributed by atoms with Gasteiger partial charge in [0.15, 0.2) is 0 Å². The van der Waals surface area contributed by atoms with Gasteiger partial charge in [-0.25, -0.2) is 0 Å². The molecular weight excluding hydrogens is 394 g/mol. The summed E-state index contributed by atoms with van der Waals surface area (Å²) in [6.45, 7) is 2.49. The van der Waals surface area contributed by atoms with Crippen LogP contribution in [0.4, 0.5) is 0 Å². The van der Waals surface area contributed by atoms with E-state index >= 15 is 0 Å². The van der Waals surface area contributed by atoms with E-state index in [4.69, 9.17) is 4.74 Å². The maximum Gasteiger partial charge on any atom is 0.296 e. The summed E-state index contributed by atoms with van der Waals surface area (Å²) in [4.78, 5) is 35.9. The second-order valence-corrected chi connectivity index (χ2v) is 7.00. The van der Waals surface area contributed by atoms with Crippen molar-refractivity contribution in [3.63, 3.8) is 0 Å². The normalized spacial score (nSPS) is 17.7. The Labute approximate surface area is 179 Å². The molecule has 0 spiro atoms. The highest BCUT2D eigenvalue weighted by Crippen LogP contribution is 2.39. The highest BCUT2D eigenvalue weighted by Gasteiger charge is 2.46. The van der Waals surface area contributed by atoms with Gasteiger partial charge in [0.25, 0.3) is 11.7 Å². The van der Waals surface area contributed by atoms with E-state index in [0.29, 0.717) is 23.6 Å².